The van der Waals surface area contributed by atoms with Crippen molar-refractivity contribution in [1.29, 1.82) is 0 Å². The van der Waals surface area contributed by atoms with E-state index in [-0.39, 0.29) is 12.2 Å². The van der Waals surface area contributed by atoms with Gasteiger partial charge in [0.15, 0.2) is 0 Å². The Labute approximate surface area is 116 Å². The normalized spacial score (nSPS) is 25.1. The van der Waals surface area contributed by atoms with Crippen molar-refractivity contribution in [3.05, 3.63) is 28.8 Å². The molecule has 1 saturated heterocycles. The molecular formula is C13H17BrClNO. The van der Waals surface area contributed by atoms with Gasteiger partial charge in [-0.15, -0.1) is 0 Å². The molecule has 2 atom stereocenters. The third-order valence-corrected chi connectivity index (χ3v) is 3.90. The van der Waals surface area contributed by atoms with Crippen LogP contribution in [0, 0.1) is 0 Å². The SMILES string of the molecule is CC1CN(c2cccc(Cl)c2CBr)CC(C)O1. The summed E-state index contributed by atoms with van der Waals surface area (Å²) in [5.74, 6) is 0. The number of ether oxygens (including phenoxy) is 1. The fraction of sp³-hybridized carbons (Fsp3) is 0.538. The van der Waals surface area contributed by atoms with E-state index in [0.29, 0.717) is 0 Å². The lowest BCUT2D eigenvalue weighted by Gasteiger charge is -2.37. The van der Waals surface area contributed by atoms with E-state index < -0.39 is 0 Å². The molecule has 2 unspecified atom stereocenters. The van der Waals surface area contributed by atoms with Crippen molar-refractivity contribution in [3.63, 3.8) is 0 Å². The van der Waals surface area contributed by atoms with Crippen LogP contribution in [0.5, 0.6) is 0 Å². The van der Waals surface area contributed by atoms with Crippen LogP contribution in [0.15, 0.2) is 18.2 Å². The molecular weight excluding hydrogens is 302 g/mol. The van der Waals surface area contributed by atoms with Gasteiger partial charge in [-0.1, -0.05) is 33.6 Å². The molecule has 0 radical (unpaired) electrons. The number of rotatable bonds is 2. The monoisotopic (exact) mass is 317 g/mol. The van der Waals surface area contributed by atoms with Crippen molar-refractivity contribution in [2.75, 3.05) is 18.0 Å². The second-order valence-corrected chi connectivity index (χ2v) is 5.50. The summed E-state index contributed by atoms with van der Waals surface area (Å²) < 4.78 is 5.76. The molecule has 0 amide bonds. The zero-order valence-electron chi connectivity index (χ0n) is 10.1. The Bertz CT molecular complexity index is 389. The van der Waals surface area contributed by atoms with E-state index in [1.165, 1.54) is 5.69 Å². The molecule has 0 aromatic heterocycles. The van der Waals surface area contributed by atoms with Crippen molar-refractivity contribution in [2.45, 2.75) is 31.4 Å². The Hall–Kier alpha value is -0.250. The summed E-state index contributed by atoms with van der Waals surface area (Å²) >= 11 is 9.75. The number of alkyl halides is 1. The summed E-state index contributed by atoms with van der Waals surface area (Å²) in [7, 11) is 0. The van der Waals surface area contributed by atoms with Crippen LogP contribution in [0.4, 0.5) is 5.69 Å². The number of morpholine rings is 1. The number of hydrogen-bond acceptors (Lipinski definition) is 2. The standard InChI is InChI=1S/C13H17BrClNO/c1-9-7-16(8-10(2)17-9)13-5-3-4-12(15)11(13)6-14/h3-5,9-10H,6-8H2,1-2H3. The highest BCUT2D eigenvalue weighted by Crippen LogP contribution is 2.31. The lowest BCUT2D eigenvalue weighted by molar-refractivity contribution is -0.00524. The molecule has 2 nitrogen and oxygen atoms in total. The van der Waals surface area contributed by atoms with E-state index >= 15 is 0 Å². The van der Waals surface area contributed by atoms with Gasteiger partial charge in [-0.25, -0.2) is 0 Å². The lowest BCUT2D eigenvalue weighted by Crippen LogP contribution is -2.45. The Balaban J connectivity index is 2.30. The molecule has 1 aliphatic rings. The van der Waals surface area contributed by atoms with Crippen molar-refractivity contribution in [3.8, 4) is 0 Å². The van der Waals surface area contributed by atoms with E-state index in [4.69, 9.17) is 16.3 Å². The molecule has 4 heteroatoms. The van der Waals surface area contributed by atoms with Gasteiger partial charge in [-0.05, 0) is 26.0 Å². The van der Waals surface area contributed by atoms with Crippen LogP contribution >= 0.6 is 27.5 Å². The second-order valence-electron chi connectivity index (χ2n) is 4.53. The van der Waals surface area contributed by atoms with Gasteiger partial charge in [-0.3, -0.25) is 0 Å². The van der Waals surface area contributed by atoms with E-state index in [2.05, 4.69) is 40.7 Å². The Morgan fingerprint density at radius 2 is 2.00 bits per heavy atom. The molecule has 1 aromatic carbocycles. The molecule has 1 aromatic rings. The summed E-state index contributed by atoms with van der Waals surface area (Å²) in [5, 5.41) is 1.61. The molecule has 1 heterocycles. The van der Waals surface area contributed by atoms with Crippen LogP contribution in [0.2, 0.25) is 5.02 Å². The first kappa shape index (κ1) is 13.2. The second kappa shape index (κ2) is 5.59. The van der Waals surface area contributed by atoms with Crippen molar-refractivity contribution >= 4 is 33.2 Å². The first-order valence-corrected chi connectivity index (χ1v) is 7.35. The smallest absolute Gasteiger partial charge is 0.0726 e. The third-order valence-electron chi connectivity index (χ3n) is 2.99. The minimum absolute atomic E-state index is 0.265. The van der Waals surface area contributed by atoms with Gasteiger partial charge in [0.05, 0.1) is 12.2 Å². The average molecular weight is 319 g/mol. The minimum atomic E-state index is 0.265. The van der Waals surface area contributed by atoms with Crippen molar-refractivity contribution < 1.29 is 4.74 Å². The summed E-state index contributed by atoms with van der Waals surface area (Å²) in [6.07, 6.45) is 0.529. The van der Waals surface area contributed by atoms with Crippen LogP contribution in [0.25, 0.3) is 0 Å². The molecule has 0 saturated carbocycles. The van der Waals surface area contributed by atoms with Gasteiger partial charge in [0.2, 0.25) is 0 Å². The Morgan fingerprint density at radius 1 is 1.35 bits per heavy atom. The zero-order valence-corrected chi connectivity index (χ0v) is 12.5. The van der Waals surface area contributed by atoms with Crippen molar-refractivity contribution in [2.24, 2.45) is 0 Å². The molecule has 1 aliphatic heterocycles. The molecule has 2 rings (SSSR count). The maximum atomic E-state index is 6.23. The first-order valence-electron chi connectivity index (χ1n) is 5.85. The third kappa shape index (κ3) is 2.95. The van der Waals surface area contributed by atoms with Crippen molar-refractivity contribution in [1.82, 2.24) is 0 Å². The zero-order chi connectivity index (χ0) is 12.4. The van der Waals surface area contributed by atoms with E-state index in [0.717, 1.165) is 29.0 Å². The number of hydrogen-bond donors (Lipinski definition) is 0. The molecule has 17 heavy (non-hydrogen) atoms. The van der Waals surface area contributed by atoms with Crippen LogP contribution in [0.1, 0.15) is 19.4 Å². The predicted octanol–water partition coefficient (Wildman–Crippen LogP) is 3.85. The van der Waals surface area contributed by atoms with Crippen LogP contribution in [0.3, 0.4) is 0 Å². The molecule has 0 spiro atoms. The van der Waals surface area contributed by atoms with E-state index in [9.17, 15) is 0 Å². The highest BCUT2D eigenvalue weighted by Gasteiger charge is 2.24. The van der Waals surface area contributed by atoms with Gasteiger partial charge in [0.1, 0.15) is 0 Å². The lowest BCUT2D eigenvalue weighted by atomic mass is 10.1. The highest BCUT2D eigenvalue weighted by molar-refractivity contribution is 9.08. The van der Waals surface area contributed by atoms with Gasteiger partial charge in [-0.2, -0.15) is 0 Å². The quantitative estimate of drug-likeness (QED) is 0.768. The van der Waals surface area contributed by atoms with Gasteiger partial charge in [0, 0.05) is 34.7 Å². The predicted molar refractivity (Wildman–Crippen MR) is 76.3 cm³/mol. The number of anilines is 1. The first-order chi connectivity index (χ1) is 8.11. The number of nitrogens with zero attached hydrogens (tertiary/aromatic N) is 1. The van der Waals surface area contributed by atoms with Gasteiger partial charge >= 0.3 is 0 Å². The molecule has 0 bridgehead atoms. The molecule has 1 fully saturated rings. The van der Waals surface area contributed by atoms with Crippen LogP contribution in [-0.2, 0) is 10.1 Å². The molecule has 0 N–H and O–H groups in total. The number of halogens is 2. The summed E-state index contributed by atoms with van der Waals surface area (Å²) in [6, 6.07) is 6.08. The largest absolute Gasteiger partial charge is 0.372 e. The van der Waals surface area contributed by atoms with Gasteiger partial charge < -0.3 is 9.64 Å². The number of benzene rings is 1. The summed E-state index contributed by atoms with van der Waals surface area (Å²) in [6.45, 7) is 6.07. The van der Waals surface area contributed by atoms with E-state index in [1.54, 1.807) is 0 Å². The fourth-order valence-electron chi connectivity index (χ4n) is 2.35. The summed E-state index contributed by atoms with van der Waals surface area (Å²) in [4.78, 5) is 2.36. The Kier molecular flexibility index (Phi) is 4.34. The topological polar surface area (TPSA) is 12.5 Å². The highest BCUT2D eigenvalue weighted by atomic mass is 79.9. The van der Waals surface area contributed by atoms with Crippen LogP contribution < -0.4 is 4.90 Å². The van der Waals surface area contributed by atoms with E-state index in [1.807, 2.05) is 12.1 Å². The fourth-order valence-corrected chi connectivity index (χ4v) is 3.34. The molecule has 0 aliphatic carbocycles. The molecule has 94 valence electrons. The average Bonchev–Trinajstić information content (AvgIpc) is 2.27. The maximum absolute atomic E-state index is 6.23. The minimum Gasteiger partial charge on any atom is -0.372 e. The van der Waals surface area contributed by atoms with Crippen LogP contribution in [-0.4, -0.2) is 25.3 Å². The Morgan fingerprint density at radius 3 is 2.59 bits per heavy atom. The van der Waals surface area contributed by atoms with Gasteiger partial charge in [0.25, 0.3) is 0 Å². The maximum Gasteiger partial charge on any atom is 0.0726 e. The summed E-state index contributed by atoms with van der Waals surface area (Å²) in [5.41, 5.74) is 2.38.